The fraction of sp³-hybridized carbons (Fsp3) is 0.444. The Labute approximate surface area is 151 Å². The van der Waals surface area contributed by atoms with E-state index >= 15 is 0 Å². The summed E-state index contributed by atoms with van der Waals surface area (Å²) in [6.07, 6.45) is -0.0317. The zero-order valence-electron chi connectivity index (χ0n) is 14.8. The maximum Gasteiger partial charge on any atom is 0.326 e. The Morgan fingerprint density at radius 1 is 1.08 bits per heavy atom. The Morgan fingerprint density at radius 3 is 2.46 bits per heavy atom. The molecule has 0 saturated heterocycles. The average molecular weight is 363 g/mol. The molecule has 0 unspecified atom stereocenters. The topological polar surface area (TPSA) is 99.2 Å². The summed E-state index contributed by atoms with van der Waals surface area (Å²) < 4.78 is 15.0. The van der Waals surface area contributed by atoms with Crippen molar-refractivity contribution < 1.29 is 33.4 Å². The molecule has 0 atom stereocenters. The molecule has 1 amide bonds. The van der Waals surface area contributed by atoms with Crippen molar-refractivity contribution in [2.45, 2.75) is 26.7 Å². The van der Waals surface area contributed by atoms with Crippen molar-refractivity contribution in [3.63, 3.8) is 0 Å². The third-order valence-electron chi connectivity index (χ3n) is 3.68. The van der Waals surface area contributed by atoms with Crippen LogP contribution in [0.3, 0.4) is 0 Å². The Kier molecular flexibility index (Phi) is 6.71. The molecule has 0 spiro atoms. The van der Waals surface area contributed by atoms with Crippen LogP contribution in [0.25, 0.3) is 0 Å². The van der Waals surface area contributed by atoms with Crippen LogP contribution in [0.4, 0.5) is 5.69 Å². The summed E-state index contributed by atoms with van der Waals surface area (Å²) in [5, 5.41) is 0. The monoisotopic (exact) mass is 363 g/mol. The van der Waals surface area contributed by atoms with Gasteiger partial charge in [-0.2, -0.15) is 0 Å². The number of nitrogens with zero attached hydrogens (tertiary/aromatic N) is 1. The van der Waals surface area contributed by atoms with Gasteiger partial charge in [-0.25, -0.2) is 0 Å². The molecule has 0 aromatic heterocycles. The van der Waals surface area contributed by atoms with Gasteiger partial charge in [0.05, 0.1) is 25.3 Å². The van der Waals surface area contributed by atoms with Crippen LogP contribution in [0.2, 0.25) is 0 Å². The summed E-state index contributed by atoms with van der Waals surface area (Å²) in [5.41, 5.74) is 0.650. The number of benzene rings is 1. The lowest BCUT2D eigenvalue weighted by Gasteiger charge is -2.28. The molecule has 0 aliphatic carbocycles. The number of rotatable bonds is 8. The molecule has 0 radical (unpaired) electrons. The van der Waals surface area contributed by atoms with Gasteiger partial charge in [0, 0.05) is 12.0 Å². The Bertz CT molecular complexity index is 713. The van der Waals surface area contributed by atoms with E-state index in [-0.39, 0.29) is 45.0 Å². The van der Waals surface area contributed by atoms with E-state index in [4.69, 9.17) is 14.2 Å². The second-order valence-electron chi connectivity index (χ2n) is 5.48. The summed E-state index contributed by atoms with van der Waals surface area (Å²) >= 11 is 0. The molecule has 0 N–H and O–H groups in total. The molecule has 8 nitrogen and oxygen atoms in total. The standard InChI is InChI=1S/C18H21NO7/c1-3-24-17(22)8-6-14(20)12-5-7-15-13(9-12)19(16(21)11-26-15)10-18(23)25-4-2/h5,7,9H,3-4,6,8,10-11H2,1-2H3. The molecule has 0 bridgehead atoms. The van der Waals surface area contributed by atoms with Gasteiger partial charge in [0.25, 0.3) is 5.91 Å². The maximum atomic E-state index is 12.3. The minimum atomic E-state index is -0.548. The van der Waals surface area contributed by atoms with Gasteiger partial charge in [-0.15, -0.1) is 0 Å². The van der Waals surface area contributed by atoms with E-state index in [0.29, 0.717) is 17.0 Å². The van der Waals surface area contributed by atoms with Crippen LogP contribution in [0.15, 0.2) is 18.2 Å². The van der Waals surface area contributed by atoms with Crippen molar-refractivity contribution >= 4 is 29.3 Å². The molecule has 1 aliphatic rings. The summed E-state index contributed by atoms with van der Waals surface area (Å²) in [4.78, 5) is 48.8. The SMILES string of the molecule is CCOC(=O)CCC(=O)c1ccc2c(c1)N(CC(=O)OCC)C(=O)CO2. The largest absolute Gasteiger partial charge is 0.482 e. The van der Waals surface area contributed by atoms with Crippen LogP contribution in [0, 0.1) is 0 Å². The Morgan fingerprint density at radius 2 is 1.77 bits per heavy atom. The number of amides is 1. The van der Waals surface area contributed by atoms with E-state index in [9.17, 15) is 19.2 Å². The first-order chi connectivity index (χ1) is 12.5. The lowest BCUT2D eigenvalue weighted by Crippen LogP contribution is -2.42. The lowest BCUT2D eigenvalue weighted by molar-refractivity contribution is -0.143. The molecular weight excluding hydrogens is 342 g/mol. The zero-order chi connectivity index (χ0) is 19.1. The Hall–Kier alpha value is -2.90. The number of carbonyl (C=O) groups excluding carboxylic acids is 4. The second kappa shape index (κ2) is 8.98. The van der Waals surface area contributed by atoms with E-state index in [1.54, 1.807) is 26.0 Å². The van der Waals surface area contributed by atoms with Crippen molar-refractivity contribution in [1.29, 1.82) is 0 Å². The highest BCUT2D eigenvalue weighted by atomic mass is 16.5. The molecule has 1 aromatic carbocycles. The van der Waals surface area contributed by atoms with Gasteiger partial charge in [-0.3, -0.25) is 24.1 Å². The minimum Gasteiger partial charge on any atom is -0.482 e. The minimum absolute atomic E-state index is 0.00962. The number of carbonyl (C=O) groups is 4. The van der Waals surface area contributed by atoms with Gasteiger partial charge in [0.1, 0.15) is 12.3 Å². The van der Waals surface area contributed by atoms with Crippen LogP contribution < -0.4 is 9.64 Å². The molecule has 8 heteroatoms. The summed E-state index contributed by atoms with van der Waals surface area (Å²) in [6, 6.07) is 4.61. The average Bonchev–Trinajstić information content (AvgIpc) is 2.62. The number of ether oxygens (including phenoxy) is 3. The fourth-order valence-corrected chi connectivity index (χ4v) is 2.48. The van der Waals surface area contributed by atoms with Gasteiger partial charge in [-0.05, 0) is 32.0 Å². The molecule has 26 heavy (non-hydrogen) atoms. The smallest absolute Gasteiger partial charge is 0.326 e. The van der Waals surface area contributed by atoms with Gasteiger partial charge in [-0.1, -0.05) is 0 Å². The highest BCUT2D eigenvalue weighted by molar-refractivity contribution is 6.04. The van der Waals surface area contributed by atoms with Crippen molar-refractivity contribution in [3.05, 3.63) is 23.8 Å². The van der Waals surface area contributed by atoms with Gasteiger partial charge in [0.2, 0.25) is 0 Å². The van der Waals surface area contributed by atoms with Crippen molar-refractivity contribution in [2.75, 3.05) is 31.3 Å². The number of Topliss-reactive ketones (excluding diaryl/α,β-unsaturated/α-hetero) is 1. The van der Waals surface area contributed by atoms with Crippen molar-refractivity contribution in [3.8, 4) is 5.75 Å². The predicted octanol–water partition coefficient (Wildman–Crippen LogP) is 1.50. The number of anilines is 1. The molecule has 1 heterocycles. The van der Waals surface area contributed by atoms with E-state index in [1.807, 2.05) is 0 Å². The van der Waals surface area contributed by atoms with Crippen LogP contribution in [0.5, 0.6) is 5.75 Å². The second-order valence-corrected chi connectivity index (χ2v) is 5.48. The number of ketones is 1. The molecule has 0 fully saturated rings. The zero-order valence-corrected chi connectivity index (χ0v) is 14.8. The first-order valence-electron chi connectivity index (χ1n) is 8.37. The van der Waals surface area contributed by atoms with E-state index in [2.05, 4.69) is 0 Å². The molecule has 2 rings (SSSR count). The first-order valence-corrected chi connectivity index (χ1v) is 8.37. The van der Waals surface area contributed by atoms with E-state index < -0.39 is 17.8 Å². The molecule has 140 valence electrons. The molecule has 0 saturated carbocycles. The number of hydrogen-bond donors (Lipinski definition) is 0. The van der Waals surface area contributed by atoms with Gasteiger partial charge < -0.3 is 14.2 Å². The third-order valence-corrected chi connectivity index (χ3v) is 3.68. The maximum absolute atomic E-state index is 12.3. The van der Waals surface area contributed by atoms with Crippen molar-refractivity contribution in [1.82, 2.24) is 0 Å². The summed E-state index contributed by atoms with van der Waals surface area (Å²) in [6.45, 7) is 3.38. The first kappa shape index (κ1) is 19.4. The highest BCUT2D eigenvalue weighted by Crippen LogP contribution is 2.33. The van der Waals surface area contributed by atoms with Crippen LogP contribution in [0.1, 0.15) is 37.0 Å². The normalized spacial score (nSPS) is 12.8. The third kappa shape index (κ3) is 4.81. The lowest BCUT2D eigenvalue weighted by atomic mass is 10.0. The number of fused-ring (bicyclic) bond motifs is 1. The Balaban J connectivity index is 2.16. The van der Waals surface area contributed by atoms with Crippen LogP contribution >= 0.6 is 0 Å². The number of hydrogen-bond acceptors (Lipinski definition) is 7. The highest BCUT2D eigenvalue weighted by Gasteiger charge is 2.28. The molecular formula is C18H21NO7. The van der Waals surface area contributed by atoms with Crippen molar-refractivity contribution in [2.24, 2.45) is 0 Å². The number of esters is 2. The van der Waals surface area contributed by atoms with E-state index in [0.717, 1.165) is 0 Å². The quantitative estimate of drug-likeness (QED) is 0.510. The summed E-state index contributed by atoms with van der Waals surface area (Å²) in [7, 11) is 0. The molecule has 1 aliphatic heterocycles. The van der Waals surface area contributed by atoms with Gasteiger partial charge >= 0.3 is 11.9 Å². The van der Waals surface area contributed by atoms with Gasteiger partial charge in [0.15, 0.2) is 12.4 Å². The summed E-state index contributed by atoms with van der Waals surface area (Å²) in [5.74, 6) is -1.26. The molecule has 1 aromatic rings. The fourth-order valence-electron chi connectivity index (χ4n) is 2.48. The van der Waals surface area contributed by atoms with Crippen LogP contribution in [-0.4, -0.2) is 50.0 Å². The van der Waals surface area contributed by atoms with E-state index in [1.165, 1.54) is 11.0 Å². The predicted molar refractivity (Wildman–Crippen MR) is 91.1 cm³/mol. The van der Waals surface area contributed by atoms with Crippen LogP contribution in [-0.2, 0) is 23.9 Å².